The van der Waals surface area contributed by atoms with Gasteiger partial charge in [-0.25, -0.2) is 4.98 Å². The van der Waals surface area contributed by atoms with Gasteiger partial charge in [-0.2, -0.15) is 13.2 Å². The number of nitrogens with zero attached hydrogens (tertiary/aromatic N) is 2. The summed E-state index contributed by atoms with van der Waals surface area (Å²) in [7, 11) is 1.75. The lowest BCUT2D eigenvalue weighted by Gasteiger charge is -2.20. The van der Waals surface area contributed by atoms with Crippen LogP contribution < -0.4 is 0 Å². The Labute approximate surface area is 137 Å². The fourth-order valence-corrected chi connectivity index (χ4v) is 3.29. The lowest BCUT2D eigenvalue weighted by atomic mass is 10.0. The van der Waals surface area contributed by atoms with Crippen molar-refractivity contribution in [3.63, 3.8) is 0 Å². The van der Waals surface area contributed by atoms with Gasteiger partial charge in [-0.1, -0.05) is 29.3 Å². The molecule has 1 unspecified atom stereocenters. The predicted octanol–water partition coefficient (Wildman–Crippen LogP) is 3.94. The molecule has 126 valence electrons. The number of hydrogen-bond donors (Lipinski definition) is 1. The normalized spacial score (nSPS) is 13.6. The molecule has 0 bridgehead atoms. The number of halogens is 3. The molecule has 23 heavy (non-hydrogen) atoms. The number of aryl methyl sites for hydroxylation is 2. The summed E-state index contributed by atoms with van der Waals surface area (Å²) >= 11 is 0.978. The Balaban J connectivity index is 1.98. The van der Waals surface area contributed by atoms with Crippen LogP contribution in [0.15, 0.2) is 23.6 Å². The largest absolute Gasteiger partial charge is 0.434 e. The molecule has 0 aliphatic carbocycles. The number of aliphatic hydroxyl groups excluding tert-OH is 1. The van der Waals surface area contributed by atoms with Gasteiger partial charge in [0.2, 0.25) is 0 Å². The molecule has 3 nitrogen and oxygen atoms in total. The Hall–Kier alpha value is -1.44. The van der Waals surface area contributed by atoms with E-state index in [1.54, 1.807) is 11.9 Å². The van der Waals surface area contributed by atoms with E-state index in [-0.39, 0.29) is 6.54 Å². The van der Waals surface area contributed by atoms with Crippen LogP contribution in [-0.4, -0.2) is 28.6 Å². The molecule has 0 radical (unpaired) electrons. The van der Waals surface area contributed by atoms with Crippen LogP contribution in [0.5, 0.6) is 0 Å². The number of alkyl halides is 3. The van der Waals surface area contributed by atoms with E-state index in [0.717, 1.165) is 33.4 Å². The summed E-state index contributed by atoms with van der Waals surface area (Å²) in [4.78, 5) is 5.37. The minimum absolute atomic E-state index is 0.266. The first kappa shape index (κ1) is 17.9. The first-order chi connectivity index (χ1) is 10.6. The van der Waals surface area contributed by atoms with Crippen LogP contribution in [-0.2, 0) is 12.7 Å². The third-order valence-corrected chi connectivity index (χ3v) is 4.19. The zero-order valence-electron chi connectivity index (χ0n) is 13.2. The number of aromatic nitrogens is 1. The minimum Gasteiger partial charge on any atom is -0.387 e. The van der Waals surface area contributed by atoms with Crippen LogP contribution in [0.3, 0.4) is 0 Å². The molecule has 2 rings (SSSR count). The van der Waals surface area contributed by atoms with Crippen molar-refractivity contribution in [2.24, 2.45) is 0 Å². The van der Waals surface area contributed by atoms with Gasteiger partial charge in [0.25, 0.3) is 0 Å². The molecule has 0 saturated carbocycles. The number of rotatable bonds is 5. The Bertz CT molecular complexity index is 649. The Morgan fingerprint density at radius 2 is 1.83 bits per heavy atom. The SMILES string of the molecule is Cc1cc(C)cc(C(O)CN(C)Cc2nc(C(F)(F)F)cs2)c1. The molecule has 0 aliphatic heterocycles. The summed E-state index contributed by atoms with van der Waals surface area (Å²) in [6.07, 6.45) is -5.10. The summed E-state index contributed by atoms with van der Waals surface area (Å²) in [5.74, 6) is 0. The van der Waals surface area contributed by atoms with Crippen LogP contribution in [0.2, 0.25) is 0 Å². The highest BCUT2D eigenvalue weighted by Crippen LogP contribution is 2.30. The van der Waals surface area contributed by atoms with Crippen molar-refractivity contribution in [3.05, 3.63) is 51.0 Å². The number of likely N-dealkylation sites (N-methyl/N-ethyl adjacent to an activating group) is 1. The maximum Gasteiger partial charge on any atom is 0.434 e. The molecule has 0 fully saturated rings. The lowest BCUT2D eigenvalue weighted by Crippen LogP contribution is -2.24. The van der Waals surface area contributed by atoms with Gasteiger partial charge in [-0.05, 0) is 26.5 Å². The topological polar surface area (TPSA) is 36.4 Å². The summed E-state index contributed by atoms with van der Waals surface area (Å²) in [5.41, 5.74) is 2.08. The second-order valence-electron chi connectivity index (χ2n) is 5.76. The van der Waals surface area contributed by atoms with E-state index in [2.05, 4.69) is 4.98 Å². The molecule has 1 atom stereocenters. The quantitative estimate of drug-likeness (QED) is 0.892. The van der Waals surface area contributed by atoms with Crippen molar-refractivity contribution in [2.75, 3.05) is 13.6 Å². The highest BCUT2D eigenvalue weighted by atomic mass is 32.1. The van der Waals surface area contributed by atoms with E-state index in [0.29, 0.717) is 11.6 Å². The van der Waals surface area contributed by atoms with Gasteiger partial charge in [-0.3, -0.25) is 4.90 Å². The van der Waals surface area contributed by atoms with Crippen molar-refractivity contribution >= 4 is 11.3 Å². The lowest BCUT2D eigenvalue weighted by molar-refractivity contribution is -0.140. The van der Waals surface area contributed by atoms with Gasteiger partial charge in [0, 0.05) is 11.9 Å². The summed E-state index contributed by atoms with van der Waals surface area (Å²) in [6, 6.07) is 5.85. The van der Waals surface area contributed by atoms with E-state index in [1.165, 1.54) is 0 Å². The molecule has 1 N–H and O–H groups in total. The average Bonchev–Trinajstić information content (AvgIpc) is 2.85. The van der Waals surface area contributed by atoms with E-state index < -0.39 is 18.0 Å². The van der Waals surface area contributed by atoms with Gasteiger partial charge < -0.3 is 5.11 Å². The zero-order valence-corrected chi connectivity index (χ0v) is 14.0. The van der Waals surface area contributed by atoms with Gasteiger partial charge in [0.05, 0.1) is 12.6 Å². The highest BCUT2D eigenvalue weighted by molar-refractivity contribution is 7.09. The highest BCUT2D eigenvalue weighted by Gasteiger charge is 2.33. The number of hydrogen-bond acceptors (Lipinski definition) is 4. The molecule has 7 heteroatoms. The van der Waals surface area contributed by atoms with Crippen LogP contribution in [0.1, 0.15) is 33.5 Å². The van der Waals surface area contributed by atoms with E-state index in [4.69, 9.17) is 0 Å². The molecule has 0 amide bonds. The van der Waals surface area contributed by atoms with Crippen molar-refractivity contribution < 1.29 is 18.3 Å². The molecule has 1 aromatic carbocycles. The second-order valence-corrected chi connectivity index (χ2v) is 6.70. The molecule has 1 aromatic heterocycles. The first-order valence-corrected chi connectivity index (χ1v) is 7.99. The van der Waals surface area contributed by atoms with E-state index in [1.807, 2.05) is 32.0 Å². The first-order valence-electron chi connectivity index (χ1n) is 7.11. The zero-order chi connectivity index (χ0) is 17.2. The van der Waals surface area contributed by atoms with E-state index in [9.17, 15) is 18.3 Å². The number of benzene rings is 1. The molecule has 2 aromatic rings. The Kier molecular flexibility index (Phi) is 5.44. The minimum atomic E-state index is -4.41. The maximum atomic E-state index is 12.5. The Morgan fingerprint density at radius 1 is 1.22 bits per heavy atom. The summed E-state index contributed by atoms with van der Waals surface area (Å²) < 4.78 is 37.6. The fraction of sp³-hybridized carbons (Fsp3) is 0.438. The molecule has 0 saturated heterocycles. The number of aliphatic hydroxyl groups is 1. The second kappa shape index (κ2) is 6.98. The summed E-state index contributed by atoms with van der Waals surface area (Å²) in [6.45, 7) is 4.51. The van der Waals surface area contributed by atoms with Crippen LogP contribution >= 0.6 is 11.3 Å². The van der Waals surface area contributed by atoms with Gasteiger partial charge in [0.15, 0.2) is 5.69 Å². The van der Waals surface area contributed by atoms with Crippen molar-refractivity contribution in [3.8, 4) is 0 Å². The summed E-state index contributed by atoms with van der Waals surface area (Å²) in [5, 5.41) is 11.7. The van der Waals surface area contributed by atoms with Crippen molar-refractivity contribution in [1.29, 1.82) is 0 Å². The van der Waals surface area contributed by atoms with Crippen molar-refractivity contribution in [1.82, 2.24) is 9.88 Å². The Morgan fingerprint density at radius 3 is 2.35 bits per heavy atom. The smallest absolute Gasteiger partial charge is 0.387 e. The molecular weight excluding hydrogens is 325 g/mol. The molecule has 1 heterocycles. The molecule has 0 aliphatic rings. The third kappa shape index (κ3) is 5.02. The van der Waals surface area contributed by atoms with Crippen LogP contribution in [0.25, 0.3) is 0 Å². The maximum absolute atomic E-state index is 12.5. The van der Waals surface area contributed by atoms with Gasteiger partial charge in [-0.15, -0.1) is 11.3 Å². The molecular formula is C16H19F3N2OS. The monoisotopic (exact) mass is 344 g/mol. The third-order valence-electron chi connectivity index (χ3n) is 3.36. The van der Waals surface area contributed by atoms with Crippen LogP contribution in [0.4, 0.5) is 13.2 Å². The fourth-order valence-electron chi connectivity index (χ4n) is 2.41. The molecule has 0 spiro atoms. The standard InChI is InChI=1S/C16H19F3N2OS/c1-10-4-11(2)6-12(5-10)13(22)7-21(3)8-15-20-14(9-23-15)16(17,18)19/h4-6,9,13,22H,7-8H2,1-3H3. The number of thiazole rings is 1. The van der Waals surface area contributed by atoms with Gasteiger partial charge in [0.1, 0.15) is 5.01 Å². The average molecular weight is 344 g/mol. The predicted molar refractivity (Wildman–Crippen MR) is 84.3 cm³/mol. The van der Waals surface area contributed by atoms with Crippen LogP contribution in [0, 0.1) is 13.8 Å². The van der Waals surface area contributed by atoms with Crippen molar-refractivity contribution in [2.45, 2.75) is 32.7 Å². The van der Waals surface area contributed by atoms with Gasteiger partial charge >= 0.3 is 6.18 Å². The van der Waals surface area contributed by atoms with E-state index >= 15 is 0 Å².